The van der Waals surface area contributed by atoms with Gasteiger partial charge in [0.2, 0.25) is 0 Å². The van der Waals surface area contributed by atoms with Gasteiger partial charge in [-0.25, -0.2) is 4.79 Å². The summed E-state index contributed by atoms with van der Waals surface area (Å²) in [6.45, 7) is 0.581. The highest BCUT2D eigenvalue weighted by Crippen LogP contribution is 2.70. The predicted octanol–water partition coefficient (Wildman–Crippen LogP) is 2.28. The van der Waals surface area contributed by atoms with Gasteiger partial charge in [-0.1, -0.05) is 36.8 Å². The molecule has 0 radical (unpaired) electrons. The molecular weight excluding hydrogens is 334 g/mol. The molecule has 6 atom stereocenters. The van der Waals surface area contributed by atoms with E-state index in [1.165, 1.54) is 25.7 Å². The molecule has 26 heavy (non-hydrogen) atoms. The Kier molecular flexibility index (Phi) is 5.34. The Labute approximate surface area is 153 Å². The van der Waals surface area contributed by atoms with Crippen molar-refractivity contribution in [3.05, 3.63) is 35.9 Å². The smallest absolute Gasteiger partial charge is 0.337 e. The fraction of sp³-hybridized carbons (Fsp3) is 0.600. The van der Waals surface area contributed by atoms with E-state index in [0.29, 0.717) is 30.4 Å². The van der Waals surface area contributed by atoms with Gasteiger partial charge < -0.3 is 21.1 Å². The van der Waals surface area contributed by atoms with Crippen LogP contribution in [0.25, 0.3) is 0 Å². The normalized spacial score (nSPS) is 34.8. The molecule has 3 aliphatic carbocycles. The first-order valence-corrected chi connectivity index (χ1v) is 9.26. The van der Waals surface area contributed by atoms with Crippen LogP contribution in [0.15, 0.2) is 30.3 Å². The van der Waals surface area contributed by atoms with Crippen LogP contribution in [-0.2, 0) is 9.59 Å². The third-order valence-electron chi connectivity index (χ3n) is 6.80. The van der Waals surface area contributed by atoms with Crippen LogP contribution in [0.5, 0.6) is 0 Å². The fourth-order valence-electron chi connectivity index (χ4n) is 5.72. The highest BCUT2D eigenvalue weighted by atomic mass is 16.4. The molecule has 6 nitrogen and oxygen atoms in total. The average molecular weight is 361 g/mol. The number of carbonyl (C=O) groups is 2. The Balaban J connectivity index is 0.000000160. The maximum atomic E-state index is 11.0. The summed E-state index contributed by atoms with van der Waals surface area (Å²) in [5, 5.41) is 26.4. The predicted molar refractivity (Wildman–Crippen MR) is 95.2 cm³/mol. The van der Waals surface area contributed by atoms with Crippen LogP contribution in [0.2, 0.25) is 0 Å². The molecule has 3 aliphatic rings. The molecular formula is C20H27NO5. The number of rotatable bonds is 5. The standard InChI is InChI=1S/C12H19NO2.C8H8O3/c13-6-12(5-11(14)15)9-2-1-7-3-8(9)10(12)4-7;9-7(8(10)11)6-4-2-1-3-5-6/h7-10H,1-6,13H2,(H,14,15);1-5,7,9H,(H,10,11)/t7-,8-,9+,10-,12-;7-/m00/s1. The molecule has 3 saturated carbocycles. The quantitative estimate of drug-likeness (QED) is 0.638. The average Bonchev–Trinajstić information content (AvgIpc) is 2.81. The zero-order valence-electron chi connectivity index (χ0n) is 14.8. The molecule has 0 amide bonds. The number of hydrogen-bond acceptors (Lipinski definition) is 4. The molecule has 0 aromatic heterocycles. The van der Waals surface area contributed by atoms with Crippen LogP contribution in [0.1, 0.15) is 43.8 Å². The van der Waals surface area contributed by atoms with Crippen LogP contribution in [0.3, 0.4) is 0 Å². The van der Waals surface area contributed by atoms with E-state index >= 15 is 0 Å². The first kappa shape index (κ1) is 18.9. The van der Waals surface area contributed by atoms with Crippen LogP contribution in [0, 0.1) is 29.1 Å². The first-order chi connectivity index (χ1) is 12.4. The molecule has 1 aromatic rings. The van der Waals surface area contributed by atoms with E-state index in [2.05, 4.69) is 0 Å². The fourth-order valence-corrected chi connectivity index (χ4v) is 5.72. The van der Waals surface area contributed by atoms with Gasteiger partial charge in [0.15, 0.2) is 6.10 Å². The van der Waals surface area contributed by atoms with Gasteiger partial charge in [-0.15, -0.1) is 0 Å². The second-order valence-corrected chi connectivity index (χ2v) is 7.95. The molecule has 3 fully saturated rings. The summed E-state index contributed by atoms with van der Waals surface area (Å²) in [6, 6.07) is 8.26. The maximum Gasteiger partial charge on any atom is 0.337 e. The van der Waals surface area contributed by atoms with E-state index in [1.54, 1.807) is 30.3 Å². The Morgan fingerprint density at radius 1 is 1.12 bits per heavy atom. The molecule has 0 aliphatic heterocycles. The summed E-state index contributed by atoms with van der Waals surface area (Å²) < 4.78 is 0. The van der Waals surface area contributed by atoms with Gasteiger partial charge in [-0.2, -0.15) is 0 Å². The summed E-state index contributed by atoms with van der Waals surface area (Å²) in [4.78, 5) is 21.2. The Morgan fingerprint density at radius 2 is 1.81 bits per heavy atom. The number of carboxylic acid groups (broad SMARTS) is 2. The van der Waals surface area contributed by atoms with Crippen molar-refractivity contribution < 1.29 is 24.9 Å². The molecule has 0 unspecified atom stereocenters. The van der Waals surface area contributed by atoms with Crippen molar-refractivity contribution in [3.8, 4) is 0 Å². The van der Waals surface area contributed by atoms with E-state index in [-0.39, 0.29) is 5.41 Å². The number of aliphatic carboxylic acids is 2. The summed E-state index contributed by atoms with van der Waals surface area (Å²) >= 11 is 0. The SMILES string of the molecule is NC[C@@]1(CC(=O)O)[C@@H]2CC[C@H]3C[C@@H]2[C@@H]1C3.O=C(O)[C@@H](O)c1ccccc1. The van der Waals surface area contributed by atoms with Crippen LogP contribution in [-0.4, -0.2) is 33.8 Å². The van der Waals surface area contributed by atoms with Gasteiger partial charge in [0.1, 0.15) is 0 Å². The molecule has 0 saturated heterocycles. The lowest BCUT2D eigenvalue weighted by Gasteiger charge is -2.59. The van der Waals surface area contributed by atoms with E-state index in [9.17, 15) is 9.59 Å². The van der Waals surface area contributed by atoms with E-state index < -0.39 is 18.0 Å². The van der Waals surface area contributed by atoms with Crippen molar-refractivity contribution in [2.24, 2.45) is 34.8 Å². The number of fused-ring (bicyclic) bond motifs is 1. The zero-order chi connectivity index (χ0) is 18.9. The van der Waals surface area contributed by atoms with E-state index in [4.69, 9.17) is 21.1 Å². The van der Waals surface area contributed by atoms with Gasteiger partial charge in [-0.05, 0) is 60.5 Å². The largest absolute Gasteiger partial charge is 0.481 e. The molecule has 0 spiro atoms. The lowest BCUT2D eigenvalue weighted by atomic mass is 9.45. The Hall–Kier alpha value is -1.92. The second-order valence-electron chi connectivity index (χ2n) is 7.95. The first-order valence-electron chi connectivity index (χ1n) is 9.26. The lowest BCUT2D eigenvalue weighted by molar-refractivity contribution is -0.156. The van der Waals surface area contributed by atoms with Crippen molar-refractivity contribution in [3.63, 3.8) is 0 Å². The summed E-state index contributed by atoms with van der Waals surface area (Å²) in [5.41, 5.74) is 6.27. The van der Waals surface area contributed by atoms with Gasteiger partial charge in [0.25, 0.3) is 0 Å². The molecule has 5 N–H and O–H groups in total. The summed E-state index contributed by atoms with van der Waals surface area (Å²) in [6.07, 6.45) is 4.07. The number of aliphatic hydroxyl groups excluding tert-OH is 1. The molecule has 142 valence electrons. The third-order valence-corrected chi connectivity index (χ3v) is 6.80. The minimum Gasteiger partial charge on any atom is -0.481 e. The minimum absolute atomic E-state index is 0.0260. The van der Waals surface area contributed by atoms with E-state index in [0.717, 1.165) is 11.8 Å². The molecule has 1 aromatic carbocycles. The van der Waals surface area contributed by atoms with Crippen molar-refractivity contribution in [2.45, 2.75) is 38.2 Å². The number of benzene rings is 1. The van der Waals surface area contributed by atoms with Gasteiger partial charge in [0.05, 0.1) is 6.42 Å². The summed E-state index contributed by atoms with van der Waals surface area (Å²) in [5.74, 6) is 1.09. The molecule has 0 heterocycles. The highest BCUT2D eigenvalue weighted by molar-refractivity contribution is 5.73. The van der Waals surface area contributed by atoms with Gasteiger partial charge in [-0.3, -0.25) is 4.79 Å². The number of hydrogen-bond donors (Lipinski definition) is 4. The lowest BCUT2D eigenvalue weighted by Crippen LogP contribution is -2.59. The minimum atomic E-state index is -1.41. The van der Waals surface area contributed by atoms with Crippen LogP contribution in [0.4, 0.5) is 0 Å². The highest BCUT2D eigenvalue weighted by Gasteiger charge is 2.65. The molecule has 4 rings (SSSR count). The van der Waals surface area contributed by atoms with Crippen molar-refractivity contribution in [2.75, 3.05) is 6.54 Å². The van der Waals surface area contributed by atoms with Crippen LogP contribution >= 0.6 is 0 Å². The van der Waals surface area contributed by atoms with Gasteiger partial charge in [0, 0.05) is 0 Å². The van der Waals surface area contributed by atoms with Crippen molar-refractivity contribution in [1.29, 1.82) is 0 Å². The number of nitrogens with two attached hydrogens (primary N) is 1. The van der Waals surface area contributed by atoms with Gasteiger partial charge >= 0.3 is 11.9 Å². The topological polar surface area (TPSA) is 121 Å². The number of aliphatic hydroxyl groups is 1. The monoisotopic (exact) mass is 361 g/mol. The van der Waals surface area contributed by atoms with E-state index in [1.807, 2.05) is 0 Å². The Morgan fingerprint density at radius 3 is 2.38 bits per heavy atom. The van der Waals surface area contributed by atoms with Crippen molar-refractivity contribution >= 4 is 11.9 Å². The Bertz CT molecular complexity index is 655. The zero-order valence-corrected chi connectivity index (χ0v) is 14.8. The second kappa shape index (κ2) is 7.37. The third kappa shape index (κ3) is 3.23. The van der Waals surface area contributed by atoms with Crippen LogP contribution < -0.4 is 5.73 Å². The summed E-state index contributed by atoms with van der Waals surface area (Å²) in [7, 11) is 0. The van der Waals surface area contributed by atoms with Crippen molar-refractivity contribution in [1.82, 2.24) is 0 Å². The molecule has 2 bridgehead atoms. The number of carboxylic acids is 2. The molecule has 6 heteroatoms. The maximum absolute atomic E-state index is 11.0.